The molecule has 0 saturated heterocycles. The number of hydrogen-bond donors (Lipinski definition) is 1. The van der Waals surface area contributed by atoms with Crippen molar-refractivity contribution in [2.75, 3.05) is 5.32 Å². The molecule has 0 aliphatic carbocycles. The molecule has 0 spiro atoms. The summed E-state index contributed by atoms with van der Waals surface area (Å²) in [5, 5.41) is 5.55. The Kier molecular flexibility index (Phi) is 4.69. The molecule has 1 aromatic heterocycles. The Morgan fingerprint density at radius 3 is 2.37 bits per heavy atom. The van der Waals surface area contributed by atoms with E-state index in [4.69, 9.17) is 0 Å². The van der Waals surface area contributed by atoms with Crippen molar-refractivity contribution < 1.29 is 26.7 Å². The highest BCUT2D eigenvalue weighted by molar-refractivity contribution is 6.07. The van der Waals surface area contributed by atoms with E-state index in [1.54, 1.807) is 0 Å². The van der Waals surface area contributed by atoms with Gasteiger partial charge in [0.2, 0.25) is 0 Å². The molecule has 0 aliphatic heterocycles. The number of aromatic nitrogens is 2. The van der Waals surface area contributed by atoms with Crippen LogP contribution in [-0.4, -0.2) is 15.7 Å². The van der Waals surface area contributed by atoms with Gasteiger partial charge in [-0.15, -0.1) is 0 Å². The van der Waals surface area contributed by atoms with E-state index < -0.39 is 35.0 Å². The smallest absolute Gasteiger partial charge is 0.321 e. The zero-order valence-corrected chi connectivity index (χ0v) is 13.8. The van der Waals surface area contributed by atoms with E-state index in [1.165, 1.54) is 31.3 Å². The number of anilines is 1. The summed E-state index contributed by atoms with van der Waals surface area (Å²) in [4.78, 5) is 12.4. The predicted molar refractivity (Wildman–Crippen MR) is 88.0 cm³/mol. The first-order valence-electron chi connectivity index (χ1n) is 7.63. The van der Waals surface area contributed by atoms with Crippen LogP contribution in [0.15, 0.2) is 48.7 Å². The van der Waals surface area contributed by atoms with Gasteiger partial charge in [0.05, 0.1) is 11.3 Å². The fourth-order valence-corrected chi connectivity index (χ4v) is 2.59. The second kappa shape index (κ2) is 6.82. The van der Waals surface area contributed by atoms with Crippen LogP contribution >= 0.6 is 0 Å². The Morgan fingerprint density at radius 1 is 1.07 bits per heavy atom. The van der Waals surface area contributed by atoms with Crippen LogP contribution in [0.4, 0.5) is 27.6 Å². The molecular formula is C18H12F5N3O. The minimum absolute atomic E-state index is 0.0522. The lowest BCUT2D eigenvalue weighted by molar-refractivity contribution is -0.141. The number of amides is 1. The van der Waals surface area contributed by atoms with Gasteiger partial charge in [-0.1, -0.05) is 18.2 Å². The highest BCUT2D eigenvalue weighted by Crippen LogP contribution is 2.33. The second-order valence-electron chi connectivity index (χ2n) is 5.69. The topological polar surface area (TPSA) is 46.9 Å². The summed E-state index contributed by atoms with van der Waals surface area (Å²) in [6, 6.07) is 8.57. The van der Waals surface area contributed by atoms with Crippen molar-refractivity contribution in [1.29, 1.82) is 0 Å². The Labute approximate surface area is 150 Å². The molecule has 2 aromatic carbocycles. The van der Waals surface area contributed by atoms with Gasteiger partial charge in [0, 0.05) is 18.8 Å². The van der Waals surface area contributed by atoms with Crippen LogP contribution < -0.4 is 5.32 Å². The summed E-state index contributed by atoms with van der Waals surface area (Å²) in [5.74, 6) is -2.35. The summed E-state index contributed by atoms with van der Waals surface area (Å²) in [5.41, 5.74) is -1.90. The lowest BCUT2D eigenvalue weighted by Gasteiger charge is -2.13. The highest BCUT2D eigenvalue weighted by atomic mass is 19.4. The van der Waals surface area contributed by atoms with Gasteiger partial charge in [-0.25, -0.2) is 8.78 Å². The van der Waals surface area contributed by atoms with E-state index in [9.17, 15) is 26.7 Å². The molecule has 0 radical (unpaired) electrons. The van der Waals surface area contributed by atoms with Crippen LogP contribution in [0.1, 0.15) is 16.1 Å². The Morgan fingerprint density at radius 2 is 1.74 bits per heavy atom. The van der Waals surface area contributed by atoms with Gasteiger partial charge < -0.3 is 5.32 Å². The maximum atomic E-state index is 14.3. The molecular weight excluding hydrogens is 369 g/mol. The molecule has 3 rings (SSSR count). The van der Waals surface area contributed by atoms with Crippen molar-refractivity contribution in [3.05, 3.63) is 71.6 Å². The SMILES string of the molecule is Cn1cc(C(=O)Nc2cccc(F)c2-c2ccc(F)cc2)c(C(F)(F)F)n1. The third-order valence-corrected chi connectivity index (χ3v) is 3.74. The van der Waals surface area contributed by atoms with Gasteiger partial charge in [-0.2, -0.15) is 18.3 Å². The number of rotatable bonds is 3. The molecule has 3 aromatic rings. The predicted octanol–water partition coefficient (Wildman–Crippen LogP) is 4.64. The minimum atomic E-state index is -4.82. The first-order chi connectivity index (χ1) is 12.7. The van der Waals surface area contributed by atoms with E-state index in [-0.39, 0.29) is 16.8 Å². The van der Waals surface area contributed by atoms with Gasteiger partial charge in [0.1, 0.15) is 11.6 Å². The van der Waals surface area contributed by atoms with Gasteiger partial charge in [-0.3, -0.25) is 9.48 Å². The summed E-state index contributed by atoms with van der Waals surface area (Å²) in [6.45, 7) is 0. The van der Waals surface area contributed by atoms with Crippen molar-refractivity contribution >= 4 is 11.6 Å². The molecule has 0 aliphatic rings. The third-order valence-electron chi connectivity index (χ3n) is 3.74. The fourth-order valence-electron chi connectivity index (χ4n) is 2.59. The van der Waals surface area contributed by atoms with Crippen LogP contribution in [0.3, 0.4) is 0 Å². The first-order valence-corrected chi connectivity index (χ1v) is 7.63. The molecule has 0 fully saturated rings. The van der Waals surface area contributed by atoms with Crippen molar-refractivity contribution in [2.45, 2.75) is 6.18 Å². The summed E-state index contributed by atoms with van der Waals surface area (Å²) < 4.78 is 67.5. The Hall–Kier alpha value is -3.23. The Bertz CT molecular complexity index is 993. The lowest BCUT2D eigenvalue weighted by Crippen LogP contribution is -2.18. The summed E-state index contributed by atoms with van der Waals surface area (Å²) in [6.07, 6.45) is -3.90. The quantitative estimate of drug-likeness (QED) is 0.672. The highest BCUT2D eigenvalue weighted by Gasteiger charge is 2.39. The monoisotopic (exact) mass is 381 g/mol. The largest absolute Gasteiger partial charge is 0.435 e. The molecule has 0 bridgehead atoms. The molecule has 4 nitrogen and oxygen atoms in total. The number of aryl methyl sites for hydroxylation is 1. The molecule has 1 amide bonds. The van der Waals surface area contributed by atoms with E-state index in [0.29, 0.717) is 0 Å². The zero-order chi connectivity index (χ0) is 19.8. The molecule has 0 saturated carbocycles. The van der Waals surface area contributed by atoms with Crippen molar-refractivity contribution in [2.24, 2.45) is 7.05 Å². The van der Waals surface area contributed by atoms with Crippen LogP contribution in [-0.2, 0) is 13.2 Å². The maximum Gasteiger partial charge on any atom is 0.435 e. The summed E-state index contributed by atoms with van der Waals surface area (Å²) in [7, 11) is 1.25. The zero-order valence-electron chi connectivity index (χ0n) is 13.8. The van der Waals surface area contributed by atoms with Crippen LogP contribution in [0.2, 0.25) is 0 Å². The normalized spacial score (nSPS) is 11.5. The van der Waals surface area contributed by atoms with Crippen LogP contribution in [0, 0.1) is 11.6 Å². The van der Waals surface area contributed by atoms with Gasteiger partial charge >= 0.3 is 6.18 Å². The molecule has 0 unspecified atom stereocenters. The number of alkyl halides is 3. The van der Waals surface area contributed by atoms with Crippen LogP contribution in [0.5, 0.6) is 0 Å². The van der Waals surface area contributed by atoms with E-state index >= 15 is 0 Å². The van der Waals surface area contributed by atoms with Gasteiger partial charge in [-0.05, 0) is 29.8 Å². The average Bonchev–Trinajstić information content (AvgIpc) is 2.99. The number of hydrogen-bond acceptors (Lipinski definition) is 2. The fraction of sp³-hybridized carbons (Fsp3) is 0.111. The number of nitrogens with one attached hydrogen (secondary N) is 1. The number of nitrogens with zero attached hydrogens (tertiary/aromatic N) is 2. The molecule has 27 heavy (non-hydrogen) atoms. The van der Waals surface area contributed by atoms with Gasteiger partial charge in [0.15, 0.2) is 5.69 Å². The third kappa shape index (κ3) is 3.81. The second-order valence-corrected chi connectivity index (χ2v) is 5.69. The molecule has 1 N–H and O–H groups in total. The lowest BCUT2D eigenvalue weighted by atomic mass is 10.0. The standard InChI is InChI=1S/C18H12F5N3O/c1-26-9-12(16(25-26)18(21,22)23)17(27)24-14-4-2-3-13(20)15(14)10-5-7-11(19)8-6-10/h2-9H,1H3,(H,24,27). The van der Waals surface area contributed by atoms with Crippen molar-refractivity contribution in [1.82, 2.24) is 9.78 Å². The number of carbonyl (C=O) groups excluding carboxylic acids is 1. The summed E-state index contributed by atoms with van der Waals surface area (Å²) >= 11 is 0. The number of halogens is 5. The molecule has 9 heteroatoms. The maximum absolute atomic E-state index is 14.3. The van der Waals surface area contributed by atoms with Crippen molar-refractivity contribution in [3.8, 4) is 11.1 Å². The molecule has 0 atom stereocenters. The first kappa shape index (κ1) is 18.6. The average molecular weight is 381 g/mol. The molecule has 1 heterocycles. The van der Waals surface area contributed by atoms with Gasteiger partial charge in [0.25, 0.3) is 5.91 Å². The number of carbonyl (C=O) groups is 1. The van der Waals surface area contributed by atoms with E-state index in [2.05, 4.69) is 10.4 Å². The minimum Gasteiger partial charge on any atom is -0.321 e. The van der Waals surface area contributed by atoms with E-state index in [0.717, 1.165) is 29.1 Å². The molecule has 140 valence electrons. The van der Waals surface area contributed by atoms with Crippen LogP contribution in [0.25, 0.3) is 11.1 Å². The van der Waals surface area contributed by atoms with E-state index in [1.807, 2.05) is 0 Å². The number of benzene rings is 2. The Balaban J connectivity index is 2.01. The van der Waals surface area contributed by atoms with Crippen molar-refractivity contribution in [3.63, 3.8) is 0 Å².